The first-order chi connectivity index (χ1) is 12.1. The van der Waals surface area contributed by atoms with E-state index in [1.165, 1.54) is 17.5 Å². The summed E-state index contributed by atoms with van der Waals surface area (Å²) in [5.41, 5.74) is 7.78. The number of fused-ring (bicyclic) bond motifs is 1. The Labute approximate surface area is 162 Å². The van der Waals surface area contributed by atoms with Crippen LogP contribution in [0.3, 0.4) is 0 Å². The first-order valence-corrected chi connectivity index (χ1v) is 9.03. The van der Waals surface area contributed by atoms with E-state index in [4.69, 9.17) is 5.73 Å². The van der Waals surface area contributed by atoms with Gasteiger partial charge in [0.05, 0.1) is 21.3 Å². The van der Waals surface area contributed by atoms with Gasteiger partial charge in [-0.05, 0) is 29.9 Å². The molecule has 1 amide bonds. The predicted octanol–water partition coefficient (Wildman–Crippen LogP) is 4.42. The zero-order chi connectivity index (χ0) is 17.6. The minimum absolute atomic E-state index is 0. The largest absolute Gasteiger partial charge is 0.365 e. The van der Waals surface area contributed by atoms with Crippen LogP contribution < -0.4 is 11.3 Å². The molecule has 4 rings (SSSR count). The van der Waals surface area contributed by atoms with Crippen molar-refractivity contribution in [3.05, 3.63) is 44.6 Å². The van der Waals surface area contributed by atoms with E-state index in [1.807, 2.05) is 11.6 Å². The van der Waals surface area contributed by atoms with Crippen molar-refractivity contribution in [2.24, 2.45) is 5.73 Å². The molecule has 0 aromatic carbocycles. The lowest BCUT2D eigenvalue weighted by Crippen LogP contribution is -2.09. The van der Waals surface area contributed by atoms with Gasteiger partial charge < -0.3 is 15.3 Å². The average Bonchev–Trinajstić information content (AvgIpc) is 3.33. The van der Waals surface area contributed by atoms with Gasteiger partial charge in [0.25, 0.3) is 11.5 Å². The Balaban J connectivity index is 0.00000131. The van der Waals surface area contributed by atoms with Crippen molar-refractivity contribution in [2.45, 2.75) is 46.6 Å². The molecule has 3 aromatic heterocycles. The van der Waals surface area contributed by atoms with Crippen molar-refractivity contribution in [2.75, 3.05) is 0 Å². The van der Waals surface area contributed by atoms with Crippen molar-refractivity contribution in [3.8, 4) is 17.2 Å². The van der Waals surface area contributed by atoms with E-state index < -0.39 is 5.91 Å². The third-order valence-corrected chi connectivity index (χ3v) is 5.80. The fourth-order valence-corrected chi connectivity index (χ4v) is 4.45. The smallest absolute Gasteiger partial charge is 0.258 e. The van der Waals surface area contributed by atoms with Crippen LogP contribution in [-0.4, -0.2) is 15.5 Å². The van der Waals surface area contributed by atoms with Gasteiger partial charge in [-0.3, -0.25) is 9.59 Å². The van der Waals surface area contributed by atoms with Gasteiger partial charge in [-0.2, -0.15) is 5.26 Å². The molecule has 7 heteroatoms. The van der Waals surface area contributed by atoms with Crippen molar-refractivity contribution in [1.82, 2.24) is 9.55 Å². The van der Waals surface area contributed by atoms with Gasteiger partial charge in [0.2, 0.25) is 0 Å². The van der Waals surface area contributed by atoms with Gasteiger partial charge in [0.15, 0.2) is 0 Å². The number of pyridine rings is 1. The Morgan fingerprint density at radius 3 is 2.63 bits per heavy atom. The molecule has 0 bridgehead atoms. The fourth-order valence-electron chi connectivity index (χ4n) is 3.69. The van der Waals surface area contributed by atoms with Gasteiger partial charge in [0.1, 0.15) is 6.07 Å². The number of carbonyl (C=O) groups excluding carboxylic acids is 1. The molecule has 0 radical (unpaired) electrons. The average molecular weight is 385 g/mol. The molecule has 3 heterocycles. The first kappa shape index (κ1) is 20.5. The molecule has 0 unspecified atom stereocenters. The lowest BCUT2D eigenvalue weighted by molar-refractivity contribution is 0.100. The zero-order valence-electron chi connectivity index (χ0n) is 13.4. The number of nitrogens with two attached hydrogens (primary N) is 1. The lowest BCUT2D eigenvalue weighted by atomic mass is 10.1. The molecule has 3 aromatic rings. The molecule has 0 spiro atoms. The van der Waals surface area contributed by atoms with Crippen LogP contribution in [0.1, 0.15) is 61.8 Å². The van der Waals surface area contributed by atoms with Crippen molar-refractivity contribution >= 4 is 28.1 Å². The highest BCUT2D eigenvalue weighted by molar-refractivity contribution is 7.12. The lowest BCUT2D eigenvalue weighted by Gasteiger charge is -2.13. The minimum atomic E-state index is -0.484. The Kier molecular flexibility index (Phi) is 5.91. The molecule has 0 saturated heterocycles. The number of primary amides is 1. The fraction of sp³-hybridized carbons (Fsp3) is 0.350. The van der Waals surface area contributed by atoms with Gasteiger partial charge >= 0.3 is 0 Å². The number of carbonyl (C=O) groups is 1. The van der Waals surface area contributed by atoms with Crippen molar-refractivity contribution in [3.63, 3.8) is 0 Å². The van der Waals surface area contributed by atoms with Crippen LogP contribution in [0.4, 0.5) is 0 Å². The molecule has 0 atom stereocenters. The topological polar surface area (TPSA) is 105 Å². The van der Waals surface area contributed by atoms with Crippen LogP contribution in [0.15, 0.2) is 28.6 Å². The van der Waals surface area contributed by atoms with Crippen LogP contribution >= 0.6 is 11.3 Å². The van der Waals surface area contributed by atoms with E-state index in [-0.39, 0.29) is 20.4 Å². The number of hydrogen-bond donors (Lipinski definition) is 2. The van der Waals surface area contributed by atoms with Gasteiger partial charge in [-0.25, -0.2) is 0 Å². The monoisotopic (exact) mass is 384 g/mol. The van der Waals surface area contributed by atoms with Crippen LogP contribution in [0, 0.1) is 11.3 Å². The second-order valence-electron chi connectivity index (χ2n) is 6.32. The Bertz CT molecular complexity index is 1080. The predicted molar refractivity (Wildman–Crippen MR) is 110 cm³/mol. The highest BCUT2D eigenvalue weighted by atomic mass is 32.1. The summed E-state index contributed by atoms with van der Waals surface area (Å²) in [6.07, 6.45) is 7.80. The number of amides is 1. The number of hydrogen-bond acceptors (Lipinski definition) is 4. The Morgan fingerprint density at radius 1 is 1.33 bits per heavy atom. The third-order valence-electron chi connectivity index (χ3n) is 4.85. The molecule has 3 N–H and O–H groups in total. The van der Waals surface area contributed by atoms with Crippen LogP contribution in [0.5, 0.6) is 0 Å². The van der Waals surface area contributed by atoms with Crippen molar-refractivity contribution < 1.29 is 4.79 Å². The van der Waals surface area contributed by atoms with Crippen LogP contribution in [-0.2, 0) is 0 Å². The van der Waals surface area contributed by atoms with E-state index >= 15 is 0 Å². The molecular weight excluding hydrogens is 360 g/mol. The summed E-state index contributed by atoms with van der Waals surface area (Å²) in [6, 6.07) is 4.19. The highest BCUT2D eigenvalue weighted by Crippen LogP contribution is 2.38. The number of nitrogens with zero attached hydrogens (tertiary/aromatic N) is 2. The normalized spacial score (nSPS) is 13.7. The summed E-state index contributed by atoms with van der Waals surface area (Å²) in [4.78, 5) is 27.1. The molecule has 1 fully saturated rings. The summed E-state index contributed by atoms with van der Waals surface area (Å²) in [5, 5.41) is 11.8. The van der Waals surface area contributed by atoms with E-state index in [0.717, 1.165) is 36.8 Å². The molecule has 0 aliphatic heterocycles. The number of H-pyrrole nitrogens is 1. The van der Waals surface area contributed by atoms with E-state index in [1.54, 1.807) is 6.07 Å². The SMILES string of the molecule is C.C.N#Cc1c[nH]c(=O)c2c(-c3csc(C(N)=O)c3)cn(C3CCCC3)c12. The number of rotatable bonds is 3. The molecule has 142 valence electrons. The van der Waals surface area contributed by atoms with E-state index in [9.17, 15) is 14.9 Å². The maximum absolute atomic E-state index is 12.5. The first-order valence-electron chi connectivity index (χ1n) is 8.15. The number of thiophene rings is 1. The highest BCUT2D eigenvalue weighted by Gasteiger charge is 2.24. The third kappa shape index (κ3) is 3.28. The van der Waals surface area contributed by atoms with Gasteiger partial charge in [-0.15, -0.1) is 11.3 Å². The van der Waals surface area contributed by atoms with E-state index in [0.29, 0.717) is 27.4 Å². The maximum atomic E-state index is 12.5. The summed E-state index contributed by atoms with van der Waals surface area (Å²) in [6.45, 7) is 0. The number of nitrogens with one attached hydrogen (secondary N) is 1. The molecule has 1 aliphatic carbocycles. The minimum Gasteiger partial charge on any atom is -0.365 e. The molecular formula is C20H24N4O2S. The summed E-state index contributed by atoms with van der Waals surface area (Å²) in [5.74, 6) is -0.484. The number of aromatic amines is 1. The van der Waals surface area contributed by atoms with Gasteiger partial charge in [-0.1, -0.05) is 27.7 Å². The number of aromatic nitrogens is 2. The van der Waals surface area contributed by atoms with Crippen molar-refractivity contribution in [1.29, 1.82) is 5.26 Å². The van der Waals surface area contributed by atoms with Crippen LogP contribution in [0.2, 0.25) is 0 Å². The number of nitriles is 1. The molecule has 6 nitrogen and oxygen atoms in total. The van der Waals surface area contributed by atoms with Gasteiger partial charge in [0, 0.05) is 24.0 Å². The molecule has 1 saturated carbocycles. The Hall–Kier alpha value is -2.85. The molecule has 1 aliphatic rings. The molecule has 27 heavy (non-hydrogen) atoms. The standard InChI is InChI=1S/C18H16N4O2S.2CH4/c19-6-11-7-21-18(24)15-13(10-5-14(17(20)23)25-9-10)8-22(16(11)15)12-3-1-2-4-12;;/h5,7-9,12H,1-4H2,(H2,20,23)(H,21,24);2*1H4. The second-order valence-corrected chi connectivity index (χ2v) is 7.23. The zero-order valence-corrected chi connectivity index (χ0v) is 14.2. The maximum Gasteiger partial charge on any atom is 0.258 e. The second kappa shape index (κ2) is 7.80. The summed E-state index contributed by atoms with van der Waals surface area (Å²) < 4.78 is 2.08. The van der Waals surface area contributed by atoms with E-state index in [2.05, 4.69) is 15.6 Å². The summed E-state index contributed by atoms with van der Waals surface area (Å²) in [7, 11) is 0. The summed E-state index contributed by atoms with van der Waals surface area (Å²) >= 11 is 1.26. The van der Waals surface area contributed by atoms with Crippen LogP contribution in [0.25, 0.3) is 22.0 Å². The quantitative estimate of drug-likeness (QED) is 0.698. The Morgan fingerprint density at radius 2 is 2.04 bits per heavy atom.